The number of nitrogens with zero attached hydrogens (tertiary/aromatic N) is 4. The molecule has 10 aromatic rings. The van der Waals surface area contributed by atoms with Gasteiger partial charge < -0.3 is 4.57 Å². The van der Waals surface area contributed by atoms with Crippen LogP contribution in [0.4, 0.5) is 0 Å². The van der Waals surface area contributed by atoms with Crippen molar-refractivity contribution in [3.63, 3.8) is 0 Å². The number of thiophene rings is 1. The van der Waals surface area contributed by atoms with Crippen LogP contribution in [0, 0.1) is 0 Å². The summed E-state index contributed by atoms with van der Waals surface area (Å²) in [6.45, 7) is 0. The summed E-state index contributed by atoms with van der Waals surface area (Å²) >= 11 is 1.64. The number of benzene rings is 7. The Morgan fingerprint density at radius 1 is 0.440 bits per heavy atom. The zero-order valence-electron chi connectivity index (χ0n) is 30.6. The fourth-order valence-electron chi connectivity index (χ4n) is 6.79. The van der Waals surface area contributed by atoms with Gasteiger partial charge in [0.2, 0.25) is 0 Å². The highest BCUT2D eigenvalue weighted by Crippen LogP contribution is 2.42. The lowest BCUT2D eigenvalue weighted by Crippen LogP contribution is -2.00. The third-order valence-electron chi connectivity index (χ3n) is 9.18. The van der Waals surface area contributed by atoms with Crippen molar-refractivity contribution in [2.24, 2.45) is 0 Å². The van der Waals surface area contributed by atoms with Crippen molar-refractivity contribution in [3.8, 4) is 51.0 Å². The Balaban J connectivity index is 1.14. The van der Waals surface area contributed by atoms with E-state index < -0.39 is 0 Å². The third-order valence-corrected chi connectivity index (χ3v) is 10.4. The SMILES string of the molecule is [2H]c1cc([2H])c2c(c1)c1cc([2H])cc([2H])c1n2-c1cccc2c1sc1cc(-c3nc(-c4ccccc4)nc(-c4ccc(-c5ccccc5)cc4)n3)ccc12. The Bertz CT molecular complexity index is 3020. The van der Waals surface area contributed by atoms with E-state index in [0.717, 1.165) is 53.7 Å². The van der Waals surface area contributed by atoms with Gasteiger partial charge >= 0.3 is 0 Å². The Morgan fingerprint density at radius 2 is 0.980 bits per heavy atom. The number of hydrogen-bond donors (Lipinski definition) is 0. The number of rotatable bonds is 5. The molecule has 0 saturated carbocycles. The maximum absolute atomic E-state index is 8.93. The second kappa shape index (κ2) is 11.6. The van der Waals surface area contributed by atoms with Crippen molar-refractivity contribution < 1.29 is 5.48 Å². The molecule has 0 saturated heterocycles. The normalized spacial score (nSPS) is 12.7. The molecule has 0 unspecified atom stereocenters. The Morgan fingerprint density at radius 3 is 1.64 bits per heavy atom. The van der Waals surface area contributed by atoms with Crippen LogP contribution in [0.1, 0.15) is 5.48 Å². The van der Waals surface area contributed by atoms with E-state index in [0.29, 0.717) is 39.3 Å². The second-order valence-corrected chi connectivity index (χ2v) is 13.2. The summed E-state index contributed by atoms with van der Waals surface area (Å²) < 4.78 is 38.6. The highest BCUT2D eigenvalue weighted by molar-refractivity contribution is 7.26. The van der Waals surface area contributed by atoms with Gasteiger partial charge in [-0.15, -0.1) is 11.3 Å². The minimum absolute atomic E-state index is 0.203. The van der Waals surface area contributed by atoms with Gasteiger partial charge in [-0.1, -0.05) is 146 Å². The molecule has 0 aliphatic carbocycles. The van der Waals surface area contributed by atoms with Gasteiger partial charge in [-0.3, -0.25) is 0 Å². The molecule has 7 aromatic carbocycles. The first kappa shape index (κ1) is 24.7. The first-order chi connectivity index (χ1) is 26.4. The average molecular weight is 661 g/mol. The summed E-state index contributed by atoms with van der Waals surface area (Å²) in [5.41, 5.74) is 7.01. The van der Waals surface area contributed by atoms with E-state index in [4.69, 9.17) is 20.4 Å². The molecular weight excluding hydrogens is 629 g/mol. The fourth-order valence-corrected chi connectivity index (χ4v) is 8.03. The summed E-state index contributed by atoms with van der Waals surface area (Å²) in [6, 6.07) is 48.4. The molecule has 0 fully saturated rings. The van der Waals surface area contributed by atoms with Crippen LogP contribution in [0.3, 0.4) is 0 Å². The van der Waals surface area contributed by atoms with E-state index >= 15 is 0 Å². The van der Waals surface area contributed by atoms with Gasteiger partial charge in [0, 0.05) is 42.9 Å². The maximum atomic E-state index is 8.93. The second-order valence-electron chi connectivity index (χ2n) is 12.1. The van der Waals surface area contributed by atoms with E-state index in [1.165, 1.54) is 12.1 Å². The highest BCUT2D eigenvalue weighted by atomic mass is 32.1. The highest BCUT2D eigenvalue weighted by Gasteiger charge is 2.18. The van der Waals surface area contributed by atoms with Crippen LogP contribution in [-0.2, 0) is 0 Å². The van der Waals surface area contributed by atoms with E-state index in [2.05, 4.69) is 60.7 Å². The summed E-state index contributed by atoms with van der Waals surface area (Å²) in [7, 11) is 0. The third kappa shape index (κ3) is 4.71. The van der Waals surface area contributed by atoms with Gasteiger partial charge in [-0.2, -0.15) is 0 Å². The molecule has 0 spiro atoms. The van der Waals surface area contributed by atoms with E-state index in [-0.39, 0.29) is 24.2 Å². The molecule has 234 valence electrons. The summed E-state index contributed by atoms with van der Waals surface area (Å²) in [5, 5.41) is 3.52. The molecule has 4 nitrogen and oxygen atoms in total. The van der Waals surface area contributed by atoms with Gasteiger partial charge in [0.1, 0.15) is 0 Å². The van der Waals surface area contributed by atoms with Crippen LogP contribution in [0.5, 0.6) is 0 Å². The first-order valence-corrected chi connectivity index (χ1v) is 17.2. The van der Waals surface area contributed by atoms with E-state index in [1.54, 1.807) is 23.5 Å². The molecule has 0 atom stereocenters. The number of fused-ring (bicyclic) bond motifs is 6. The predicted molar refractivity (Wildman–Crippen MR) is 209 cm³/mol. The van der Waals surface area contributed by atoms with Crippen molar-refractivity contribution >= 4 is 53.3 Å². The van der Waals surface area contributed by atoms with Gasteiger partial charge in [0.05, 0.1) is 26.9 Å². The molecule has 0 bridgehead atoms. The van der Waals surface area contributed by atoms with Gasteiger partial charge in [-0.25, -0.2) is 15.0 Å². The Kier molecular flexibility index (Phi) is 5.73. The molecule has 0 amide bonds. The molecule has 10 rings (SSSR count). The summed E-state index contributed by atoms with van der Waals surface area (Å²) in [4.78, 5) is 15.0. The van der Waals surface area contributed by atoms with Crippen molar-refractivity contribution in [2.75, 3.05) is 0 Å². The number of aromatic nitrogens is 4. The number of hydrogen-bond acceptors (Lipinski definition) is 4. The number of para-hydroxylation sites is 2. The molecule has 50 heavy (non-hydrogen) atoms. The zero-order valence-corrected chi connectivity index (χ0v) is 27.4. The van der Waals surface area contributed by atoms with Crippen LogP contribution in [0.15, 0.2) is 170 Å². The molecule has 0 aliphatic rings. The van der Waals surface area contributed by atoms with E-state index in [9.17, 15) is 0 Å². The largest absolute Gasteiger partial charge is 0.308 e. The van der Waals surface area contributed by atoms with Crippen molar-refractivity contribution in [1.82, 2.24) is 19.5 Å². The Hall–Kier alpha value is -6.43. The van der Waals surface area contributed by atoms with Crippen molar-refractivity contribution in [1.29, 1.82) is 0 Å². The molecule has 3 aromatic heterocycles. The molecule has 5 heteroatoms. The molecule has 0 aliphatic heterocycles. The van der Waals surface area contributed by atoms with Crippen LogP contribution in [-0.4, -0.2) is 19.5 Å². The molecule has 0 N–H and O–H groups in total. The van der Waals surface area contributed by atoms with Crippen LogP contribution < -0.4 is 0 Å². The van der Waals surface area contributed by atoms with Gasteiger partial charge in [0.15, 0.2) is 17.5 Å². The zero-order chi connectivity index (χ0) is 36.5. The topological polar surface area (TPSA) is 43.6 Å². The maximum Gasteiger partial charge on any atom is 0.164 e. The van der Waals surface area contributed by atoms with Gasteiger partial charge in [-0.05, 0) is 35.3 Å². The monoisotopic (exact) mass is 660 g/mol. The van der Waals surface area contributed by atoms with Crippen molar-refractivity contribution in [2.45, 2.75) is 0 Å². The summed E-state index contributed by atoms with van der Waals surface area (Å²) in [6.07, 6.45) is 0. The smallest absolute Gasteiger partial charge is 0.164 e. The first-order valence-electron chi connectivity index (χ1n) is 18.4. The minimum Gasteiger partial charge on any atom is -0.308 e. The fraction of sp³-hybridized carbons (Fsp3) is 0. The van der Waals surface area contributed by atoms with E-state index in [1.807, 2.05) is 65.2 Å². The van der Waals surface area contributed by atoms with Crippen molar-refractivity contribution in [3.05, 3.63) is 170 Å². The van der Waals surface area contributed by atoms with Crippen LogP contribution in [0.2, 0.25) is 0 Å². The van der Waals surface area contributed by atoms with Gasteiger partial charge in [0.25, 0.3) is 0 Å². The lowest BCUT2D eigenvalue weighted by Gasteiger charge is -2.09. The molecular formula is C45H28N4S. The standard InChI is InChI=1S/C45H28N4S/c1-3-12-29(13-4-1)30-22-24-32(25-23-30)44-46-43(31-14-5-2-6-15-31)47-45(48-44)33-26-27-36-37-18-11-21-40(42(37)50-41(36)28-33)49-38-19-9-7-16-34(38)35-17-8-10-20-39(35)49/h1-28H/i7D,8D,19D,20D. The lowest BCUT2D eigenvalue weighted by atomic mass is 10.0. The quantitative estimate of drug-likeness (QED) is 0.184. The predicted octanol–water partition coefficient (Wildman–Crippen LogP) is 12.0. The Labute approximate surface area is 298 Å². The molecule has 0 radical (unpaired) electrons. The summed E-state index contributed by atoms with van der Waals surface area (Å²) in [5.74, 6) is 1.76. The van der Waals surface area contributed by atoms with Crippen LogP contribution in [0.25, 0.3) is 93.0 Å². The molecule has 3 heterocycles. The van der Waals surface area contributed by atoms with Crippen LogP contribution >= 0.6 is 11.3 Å². The lowest BCUT2D eigenvalue weighted by molar-refractivity contribution is 1.07. The minimum atomic E-state index is 0.203. The average Bonchev–Trinajstić information content (AvgIpc) is 3.74.